The number of hydrogen-bond acceptors (Lipinski definition) is 7. The molecule has 1 unspecified atom stereocenters. The number of benzene rings is 2. The molecule has 4 N–H and O–H groups in total. The van der Waals surface area contributed by atoms with Crippen LogP contribution in [0.3, 0.4) is 0 Å². The van der Waals surface area contributed by atoms with Crippen molar-refractivity contribution >= 4 is 39.2 Å². The van der Waals surface area contributed by atoms with Crippen LogP contribution in [0.25, 0.3) is 22.2 Å². The first kappa shape index (κ1) is 25.4. The fourth-order valence-corrected chi connectivity index (χ4v) is 6.11. The summed E-state index contributed by atoms with van der Waals surface area (Å²) in [6, 6.07) is 13.8. The maximum absolute atomic E-state index is 13.1. The number of aromatic nitrogens is 1. The number of anilines is 2. The van der Waals surface area contributed by atoms with Crippen molar-refractivity contribution < 1.29 is 27.8 Å². The van der Waals surface area contributed by atoms with Gasteiger partial charge in [-0.1, -0.05) is 23.9 Å². The minimum Gasteiger partial charge on any atom is -0.490 e. The van der Waals surface area contributed by atoms with Crippen LogP contribution >= 0.6 is 11.8 Å². The summed E-state index contributed by atoms with van der Waals surface area (Å²) in [6.07, 6.45) is 0.357. The van der Waals surface area contributed by atoms with E-state index in [0.29, 0.717) is 30.6 Å². The zero-order valence-electron chi connectivity index (χ0n) is 20.6. The van der Waals surface area contributed by atoms with Gasteiger partial charge in [0.05, 0.1) is 35.9 Å². The Morgan fingerprint density at radius 3 is 2.47 bits per heavy atom. The van der Waals surface area contributed by atoms with E-state index in [0.717, 1.165) is 71.8 Å². The van der Waals surface area contributed by atoms with Crippen LogP contribution in [0.1, 0.15) is 38.1 Å². The number of amidine groups is 1. The molecule has 0 bridgehead atoms. The van der Waals surface area contributed by atoms with Crippen molar-refractivity contribution in [2.45, 2.75) is 56.2 Å². The fourth-order valence-electron chi connectivity index (χ4n) is 5.14. The molecule has 0 spiro atoms. The normalized spacial score (nSPS) is 22.9. The van der Waals surface area contributed by atoms with Crippen LogP contribution in [0.5, 0.6) is 5.75 Å². The highest BCUT2D eigenvalue weighted by atomic mass is 32.2. The third-order valence-corrected chi connectivity index (χ3v) is 8.50. The van der Waals surface area contributed by atoms with Crippen molar-refractivity contribution in [2.75, 3.05) is 30.0 Å². The third-order valence-electron chi connectivity index (χ3n) is 7.49. The van der Waals surface area contributed by atoms with E-state index in [9.17, 15) is 18.3 Å². The van der Waals surface area contributed by atoms with Gasteiger partial charge in [0.2, 0.25) is 0 Å². The molecular weight excluding hydrogens is 517 g/mol. The molecule has 38 heavy (non-hydrogen) atoms. The van der Waals surface area contributed by atoms with Gasteiger partial charge in [0.25, 0.3) is 5.72 Å². The van der Waals surface area contributed by atoms with Crippen LogP contribution < -0.4 is 15.8 Å². The summed E-state index contributed by atoms with van der Waals surface area (Å²) in [4.78, 5) is 3.47. The SMILES string of the molecule is Nc1c(-c2ccc(NC3=NC(O)(C(F)(F)F)CS3)cc2)n(C2CCC2)c2cc(OC3CCOCC3)ccc12. The summed E-state index contributed by atoms with van der Waals surface area (Å²) in [5.41, 5.74) is 7.79. The standard InChI is InChI=1S/C27H29F3N4O3S/c28-27(29,30)26(35)15-38-25(33-26)32-17-6-4-16(5-7-17)24-23(31)21-9-8-20(37-19-10-12-36-13-11-19)14-22(21)34(24)18-2-1-3-18/h4-9,14,18-19,35H,1-3,10-13,15,31H2,(H,32,33). The predicted octanol–water partition coefficient (Wildman–Crippen LogP) is 5.94. The van der Waals surface area contributed by atoms with Gasteiger partial charge in [-0.25, -0.2) is 4.99 Å². The number of hydrogen-bond donors (Lipinski definition) is 3. The van der Waals surface area contributed by atoms with Crippen molar-refractivity contribution in [2.24, 2.45) is 4.99 Å². The highest BCUT2D eigenvalue weighted by Gasteiger charge is 2.57. The lowest BCUT2D eigenvalue weighted by Gasteiger charge is -2.30. The number of aliphatic imine (C=N–C) groups is 1. The van der Waals surface area contributed by atoms with Crippen LogP contribution in [-0.4, -0.2) is 51.8 Å². The molecule has 1 atom stereocenters. The number of nitrogens with two attached hydrogens (primary N) is 1. The zero-order chi connectivity index (χ0) is 26.5. The number of ether oxygens (including phenoxy) is 2. The Morgan fingerprint density at radius 1 is 1.11 bits per heavy atom. The van der Waals surface area contributed by atoms with Crippen molar-refractivity contribution in [1.82, 2.24) is 4.57 Å². The average molecular weight is 547 g/mol. The van der Waals surface area contributed by atoms with E-state index < -0.39 is 17.7 Å². The smallest absolute Gasteiger partial charge is 0.439 e. The van der Waals surface area contributed by atoms with Crippen LogP contribution in [0.2, 0.25) is 0 Å². The van der Waals surface area contributed by atoms with Gasteiger partial charge >= 0.3 is 6.18 Å². The Labute approximate surface area is 222 Å². The molecule has 0 radical (unpaired) electrons. The van der Waals surface area contributed by atoms with Gasteiger partial charge < -0.3 is 30.2 Å². The van der Waals surface area contributed by atoms with Crippen molar-refractivity contribution in [1.29, 1.82) is 0 Å². The Balaban J connectivity index is 1.30. The monoisotopic (exact) mass is 546 g/mol. The van der Waals surface area contributed by atoms with E-state index in [-0.39, 0.29) is 11.3 Å². The summed E-state index contributed by atoms with van der Waals surface area (Å²) >= 11 is 0.834. The number of nitrogens with zero attached hydrogens (tertiary/aromatic N) is 2. The first-order valence-electron chi connectivity index (χ1n) is 12.8. The lowest BCUT2D eigenvalue weighted by Crippen LogP contribution is -2.43. The minimum absolute atomic E-state index is 0.0257. The molecule has 2 fully saturated rings. The van der Waals surface area contributed by atoms with Crippen molar-refractivity contribution in [3.05, 3.63) is 42.5 Å². The topological polar surface area (TPSA) is 94.0 Å². The molecule has 202 valence electrons. The molecule has 3 aliphatic rings. The molecule has 2 aliphatic heterocycles. The molecule has 1 saturated heterocycles. The Morgan fingerprint density at radius 2 is 1.84 bits per heavy atom. The molecule has 1 saturated carbocycles. The lowest BCUT2D eigenvalue weighted by molar-refractivity contribution is -0.245. The summed E-state index contributed by atoms with van der Waals surface area (Å²) in [5, 5.41) is 13.7. The Bertz CT molecular complexity index is 1360. The molecule has 1 aromatic heterocycles. The second-order valence-corrected chi connectivity index (χ2v) is 11.0. The molecule has 2 aromatic carbocycles. The summed E-state index contributed by atoms with van der Waals surface area (Å²) in [6.45, 7) is 1.42. The van der Waals surface area contributed by atoms with Gasteiger partial charge in [-0.05, 0) is 43.5 Å². The van der Waals surface area contributed by atoms with E-state index in [1.54, 1.807) is 12.1 Å². The van der Waals surface area contributed by atoms with E-state index in [1.165, 1.54) is 0 Å². The quantitative estimate of drug-likeness (QED) is 0.367. The van der Waals surface area contributed by atoms with Gasteiger partial charge in [0.15, 0.2) is 5.17 Å². The van der Waals surface area contributed by atoms with Gasteiger partial charge in [-0.3, -0.25) is 0 Å². The molecule has 0 amide bonds. The number of aliphatic hydroxyl groups is 1. The Hall–Kier alpha value is -2.89. The molecular formula is C27H29F3N4O3S. The highest BCUT2D eigenvalue weighted by Crippen LogP contribution is 2.45. The third kappa shape index (κ3) is 4.60. The molecule has 7 nitrogen and oxygen atoms in total. The maximum Gasteiger partial charge on any atom is 0.439 e. The predicted molar refractivity (Wildman–Crippen MR) is 144 cm³/mol. The average Bonchev–Trinajstić information content (AvgIpc) is 3.37. The zero-order valence-corrected chi connectivity index (χ0v) is 21.4. The van der Waals surface area contributed by atoms with Gasteiger partial charge in [-0.15, -0.1) is 0 Å². The van der Waals surface area contributed by atoms with Gasteiger partial charge in [-0.2, -0.15) is 13.2 Å². The number of nitrogen functional groups attached to an aromatic ring is 1. The van der Waals surface area contributed by atoms with Gasteiger partial charge in [0.1, 0.15) is 11.9 Å². The fraction of sp³-hybridized carbons (Fsp3) is 0.444. The molecule has 6 rings (SSSR count). The largest absolute Gasteiger partial charge is 0.490 e. The second kappa shape index (κ2) is 9.69. The van der Waals surface area contributed by atoms with Crippen LogP contribution in [0.15, 0.2) is 47.5 Å². The van der Waals surface area contributed by atoms with E-state index in [4.69, 9.17) is 15.2 Å². The van der Waals surface area contributed by atoms with Crippen LogP contribution in [0.4, 0.5) is 24.5 Å². The maximum atomic E-state index is 13.1. The number of thioether (sulfide) groups is 1. The van der Waals surface area contributed by atoms with Crippen LogP contribution in [-0.2, 0) is 4.74 Å². The van der Waals surface area contributed by atoms with Crippen molar-refractivity contribution in [3.63, 3.8) is 0 Å². The number of nitrogens with one attached hydrogen (secondary N) is 1. The van der Waals surface area contributed by atoms with Crippen molar-refractivity contribution in [3.8, 4) is 17.0 Å². The number of rotatable bonds is 5. The van der Waals surface area contributed by atoms with E-state index >= 15 is 0 Å². The second-order valence-electron chi connectivity index (χ2n) is 10.0. The number of halogens is 3. The molecule has 11 heteroatoms. The Kier molecular flexibility index (Phi) is 6.48. The summed E-state index contributed by atoms with van der Waals surface area (Å²) in [5.74, 6) is 0.247. The highest BCUT2D eigenvalue weighted by molar-refractivity contribution is 8.14. The molecule has 3 aromatic rings. The summed E-state index contributed by atoms with van der Waals surface area (Å²) < 4.78 is 53.3. The van der Waals surface area contributed by atoms with E-state index in [1.807, 2.05) is 24.3 Å². The molecule has 3 heterocycles. The van der Waals surface area contributed by atoms with Crippen LogP contribution in [0, 0.1) is 0 Å². The molecule has 1 aliphatic carbocycles. The minimum atomic E-state index is -4.82. The first-order valence-corrected chi connectivity index (χ1v) is 13.8. The van der Waals surface area contributed by atoms with E-state index in [2.05, 4.69) is 20.9 Å². The summed E-state index contributed by atoms with van der Waals surface area (Å²) in [7, 11) is 0. The number of alkyl halides is 3. The lowest BCUT2D eigenvalue weighted by atomic mass is 9.92. The van der Waals surface area contributed by atoms with Gasteiger partial charge in [0, 0.05) is 41.6 Å². The number of fused-ring (bicyclic) bond motifs is 1. The first-order chi connectivity index (χ1) is 18.2.